The van der Waals surface area contributed by atoms with E-state index in [1.165, 1.54) is 0 Å². The van der Waals surface area contributed by atoms with Crippen molar-refractivity contribution in [3.8, 4) is 11.5 Å². The van der Waals surface area contributed by atoms with Crippen LogP contribution in [0.1, 0.15) is 40.5 Å². The molecule has 0 atom stereocenters. The molecule has 110 valence electrons. The monoisotopic (exact) mass is 278 g/mol. The minimum atomic E-state index is -0.351. The van der Waals surface area contributed by atoms with Crippen molar-refractivity contribution >= 4 is 11.9 Å². The van der Waals surface area contributed by atoms with E-state index in [2.05, 4.69) is 0 Å². The van der Waals surface area contributed by atoms with Crippen LogP contribution in [0.4, 0.5) is 0 Å². The summed E-state index contributed by atoms with van der Waals surface area (Å²) in [6.45, 7) is 7.59. The van der Waals surface area contributed by atoms with E-state index in [-0.39, 0.29) is 29.4 Å². The molecule has 0 aliphatic rings. The summed E-state index contributed by atoms with van der Waals surface area (Å²) in [5.74, 6) is 0.109. The molecule has 1 rings (SSSR count). The van der Waals surface area contributed by atoms with Crippen molar-refractivity contribution < 1.29 is 19.1 Å². The predicted octanol–water partition coefficient (Wildman–Crippen LogP) is 3.59. The van der Waals surface area contributed by atoms with Crippen LogP contribution in [0.3, 0.4) is 0 Å². The van der Waals surface area contributed by atoms with Gasteiger partial charge in [-0.15, -0.1) is 0 Å². The van der Waals surface area contributed by atoms with Crippen LogP contribution in [-0.4, -0.2) is 11.9 Å². The van der Waals surface area contributed by atoms with E-state index >= 15 is 0 Å². The standard InChI is InChI=1S/C16H22O4/c1-11(2)9-10-15(17)19-13-7-5-6-8-14(13)20-16(18)12(3)4/h5-8,11-12H,9-10H2,1-4H3. The zero-order valence-electron chi connectivity index (χ0n) is 12.5. The maximum atomic E-state index is 11.7. The Morgan fingerprint density at radius 2 is 1.55 bits per heavy atom. The molecular weight excluding hydrogens is 256 g/mol. The fourth-order valence-electron chi connectivity index (χ4n) is 1.43. The van der Waals surface area contributed by atoms with E-state index in [0.29, 0.717) is 12.3 Å². The fraction of sp³-hybridized carbons (Fsp3) is 0.500. The van der Waals surface area contributed by atoms with Crippen LogP contribution in [-0.2, 0) is 9.59 Å². The maximum absolute atomic E-state index is 11.7. The molecule has 0 bridgehead atoms. The lowest BCUT2D eigenvalue weighted by Crippen LogP contribution is -2.16. The number of esters is 2. The minimum Gasteiger partial charge on any atom is -0.423 e. The molecule has 0 unspecified atom stereocenters. The van der Waals surface area contributed by atoms with Gasteiger partial charge in [0.25, 0.3) is 0 Å². The van der Waals surface area contributed by atoms with E-state index < -0.39 is 0 Å². The van der Waals surface area contributed by atoms with Gasteiger partial charge in [-0.25, -0.2) is 0 Å². The summed E-state index contributed by atoms with van der Waals surface area (Å²) >= 11 is 0. The van der Waals surface area contributed by atoms with Crippen LogP contribution in [0, 0.1) is 11.8 Å². The molecule has 1 aromatic rings. The Labute approximate surface area is 120 Å². The van der Waals surface area contributed by atoms with Crippen molar-refractivity contribution in [3.05, 3.63) is 24.3 Å². The molecule has 20 heavy (non-hydrogen) atoms. The highest BCUT2D eigenvalue weighted by atomic mass is 16.6. The van der Waals surface area contributed by atoms with Gasteiger partial charge in [-0.05, 0) is 24.5 Å². The molecule has 4 nitrogen and oxygen atoms in total. The Morgan fingerprint density at radius 1 is 1.00 bits per heavy atom. The van der Waals surface area contributed by atoms with Crippen molar-refractivity contribution in [2.45, 2.75) is 40.5 Å². The SMILES string of the molecule is CC(C)CCC(=O)Oc1ccccc1OC(=O)C(C)C. The van der Waals surface area contributed by atoms with E-state index in [9.17, 15) is 9.59 Å². The molecule has 0 heterocycles. The van der Waals surface area contributed by atoms with Crippen LogP contribution in [0.5, 0.6) is 11.5 Å². The number of hydrogen-bond donors (Lipinski definition) is 0. The van der Waals surface area contributed by atoms with E-state index in [4.69, 9.17) is 9.47 Å². The van der Waals surface area contributed by atoms with E-state index in [1.807, 2.05) is 13.8 Å². The fourth-order valence-corrected chi connectivity index (χ4v) is 1.43. The number of rotatable bonds is 6. The number of ether oxygens (including phenoxy) is 2. The van der Waals surface area contributed by atoms with Gasteiger partial charge >= 0.3 is 11.9 Å². The first-order chi connectivity index (χ1) is 9.40. The molecule has 4 heteroatoms. The third-order valence-corrected chi connectivity index (χ3v) is 2.68. The topological polar surface area (TPSA) is 52.6 Å². The summed E-state index contributed by atoms with van der Waals surface area (Å²) in [7, 11) is 0. The van der Waals surface area contributed by atoms with Crippen LogP contribution in [0.15, 0.2) is 24.3 Å². The number of carbonyl (C=O) groups excluding carboxylic acids is 2. The van der Waals surface area contributed by atoms with E-state index in [1.54, 1.807) is 38.1 Å². The highest BCUT2D eigenvalue weighted by Gasteiger charge is 2.15. The lowest BCUT2D eigenvalue weighted by molar-refractivity contribution is -0.139. The summed E-state index contributed by atoms with van der Waals surface area (Å²) in [5, 5.41) is 0. The van der Waals surface area contributed by atoms with Gasteiger partial charge in [0.05, 0.1) is 5.92 Å². The Kier molecular flexibility index (Phi) is 6.22. The number of benzene rings is 1. The van der Waals surface area contributed by atoms with Crippen molar-refractivity contribution in [1.29, 1.82) is 0 Å². The summed E-state index contributed by atoms with van der Waals surface area (Å²) in [4.78, 5) is 23.3. The van der Waals surface area contributed by atoms with Gasteiger partial charge in [0, 0.05) is 6.42 Å². The number of carbonyl (C=O) groups is 2. The third kappa shape index (κ3) is 5.43. The summed E-state index contributed by atoms with van der Waals surface area (Å²) < 4.78 is 10.5. The van der Waals surface area contributed by atoms with Crippen molar-refractivity contribution in [3.63, 3.8) is 0 Å². The van der Waals surface area contributed by atoms with Crippen molar-refractivity contribution in [2.24, 2.45) is 11.8 Å². The van der Waals surface area contributed by atoms with Gasteiger partial charge in [-0.3, -0.25) is 9.59 Å². The first-order valence-corrected chi connectivity index (χ1v) is 6.91. The zero-order chi connectivity index (χ0) is 15.1. The molecule has 0 aliphatic heterocycles. The average Bonchev–Trinajstić information content (AvgIpc) is 2.38. The van der Waals surface area contributed by atoms with Crippen LogP contribution < -0.4 is 9.47 Å². The molecular formula is C16H22O4. The van der Waals surface area contributed by atoms with Crippen molar-refractivity contribution in [2.75, 3.05) is 0 Å². The van der Waals surface area contributed by atoms with Gasteiger partial charge in [0.15, 0.2) is 11.5 Å². The predicted molar refractivity (Wildman–Crippen MR) is 76.6 cm³/mol. The second-order valence-electron chi connectivity index (χ2n) is 5.43. The highest BCUT2D eigenvalue weighted by molar-refractivity contribution is 5.77. The van der Waals surface area contributed by atoms with Gasteiger partial charge in [0.1, 0.15) is 0 Å². The highest BCUT2D eigenvalue weighted by Crippen LogP contribution is 2.27. The maximum Gasteiger partial charge on any atom is 0.313 e. The lowest BCUT2D eigenvalue weighted by atomic mass is 10.1. The molecule has 0 radical (unpaired) electrons. The molecule has 0 saturated heterocycles. The quantitative estimate of drug-likeness (QED) is 0.589. The first kappa shape index (κ1) is 16.2. The van der Waals surface area contributed by atoms with E-state index in [0.717, 1.165) is 6.42 Å². The molecule has 0 spiro atoms. The Bertz CT molecular complexity index is 463. The second kappa shape index (κ2) is 7.68. The second-order valence-corrected chi connectivity index (χ2v) is 5.43. The minimum absolute atomic E-state index is 0.236. The molecule has 0 saturated carbocycles. The molecule has 0 amide bonds. The number of para-hydroxylation sites is 2. The van der Waals surface area contributed by atoms with Crippen LogP contribution in [0.2, 0.25) is 0 Å². The smallest absolute Gasteiger partial charge is 0.313 e. The van der Waals surface area contributed by atoms with Crippen LogP contribution >= 0.6 is 0 Å². The summed E-state index contributed by atoms with van der Waals surface area (Å²) in [6, 6.07) is 6.70. The van der Waals surface area contributed by atoms with Gasteiger partial charge < -0.3 is 9.47 Å². The zero-order valence-corrected chi connectivity index (χ0v) is 12.5. The van der Waals surface area contributed by atoms with Gasteiger partial charge in [-0.2, -0.15) is 0 Å². The van der Waals surface area contributed by atoms with Crippen LogP contribution in [0.25, 0.3) is 0 Å². The number of hydrogen-bond acceptors (Lipinski definition) is 4. The Morgan fingerprint density at radius 3 is 2.05 bits per heavy atom. The first-order valence-electron chi connectivity index (χ1n) is 6.91. The summed E-state index contributed by atoms with van der Waals surface area (Å²) in [5.41, 5.74) is 0. The largest absolute Gasteiger partial charge is 0.423 e. The molecule has 0 fully saturated rings. The average molecular weight is 278 g/mol. The van der Waals surface area contributed by atoms with Gasteiger partial charge in [-0.1, -0.05) is 39.8 Å². The summed E-state index contributed by atoms with van der Waals surface area (Å²) in [6.07, 6.45) is 1.12. The van der Waals surface area contributed by atoms with Gasteiger partial charge in [0.2, 0.25) is 0 Å². The molecule has 1 aromatic carbocycles. The molecule has 0 aromatic heterocycles. The molecule has 0 N–H and O–H groups in total. The Hall–Kier alpha value is -1.84. The van der Waals surface area contributed by atoms with Crippen molar-refractivity contribution in [1.82, 2.24) is 0 Å². The normalized spacial score (nSPS) is 10.7. The third-order valence-electron chi connectivity index (χ3n) is 2.68. The Balaban J connectivity index is 2.70. The molecule has 0 aliphatic carbocycles. The lowest BCUT2D eigenvalue weighted by Gasteiger charge is -2.11.